The number of nitrogens with zero attached hydrogens (tertiary/aromatic N) is 4. The molecule has 2 aromatic rings. The van der Waals surface area contributed by atoms with Gasteiger partial charge < -0.3 is 34.8 Å². The van der Waals surface area contributed by atoms with Crippen LogP contribution in [-0.2, 0) is 14.3 Å². The van der Waals surface area contributed by atoms with E-state index >= 15 is 0 Å². The Morgan fingerprint density at radius 2 is 1.84 bits per heavy atom. The number of benzene rings is 1. The Morgan fingerprint density at radius 1 is 1.21 bits per heavy atom. The number of rotatable bonds is 7. The standard InChI is InChI=1S/C23H29F3N4O7S/c1-29(2)21(34)20(23(35)3-5-36-6-4-23)38-22-19(33)17(18(32)15(10-31)37-22)30-9-14(27-28-30)11-7-12(24)16(26)13(25)8-11/h7-9,15,17-20,22,31-33,35H,3-6,10H2,1-2H3/t15-,17+,18+,19-,20+,22+/m1/s1. The van der Waals surface area contributed by atoms with Gasteiger partial charge in [-0.2, -0.15) is 0 Å². The number of carbonyl (C=O) groups excluding carboxylic acids is 1. The average Bonchev–Trinajstić information content (AvgIpc) is 3.36. The highest BCUT2D eigenvalue weighted by atomic mass is 32.2. The van der Waals surface area contributed by atoms with Crippen LogP contribution in [0, 0.1) is 17.5 Å². The lowest BCUT2D eigenvalue weighted by Crippen LogP contribution is -2.58. The molecular weight excluding hydrogens is 533 g/mol. The van der Waals surface area contributed by atoms with E-state index in [-0.39, 0.29) is 37.3 Å². The second-order valence-corrected chi connectivity index (χ2v) is 10.7. The van der Waals surface area contributed by atoms with Crippen LogP contribution < -0.4 is 0 Å². The Hall–Kier alpha value is -2.27. The minimum atomic E-state index is -1.64. The molecule has 2 aliphatic heterocycles. The van der Waals surface area contributed by atoms with Crippen molar-refractivity contribution in [2.24, 2.45) is 0 Å². The van der Waals surface area contributed by atoms with E-state index in [1.54, 1.807) is 0 Å². The lowest BCUT2D eigenvalue weighted by molar-refractivity contribution is -0.179. The quantitative estimate of drug-likeness (QED) is 0.342. The minimum Gasteiger partial charge on any atom is -0.394 e. The maximum Gasteiger partial charge on any atom is 0.238 e. The smallest absolute Gasteiger partial charge is 0.238 e. The van der Waals surface area contributed by atoms with Gasteiger partial charge in [-0.15, -0.1) is 16.9 Å². The molecule has 0 spiro atoms. The van der Waals surface area contributed by atoms with Crippen LogP contribution in [0.3, 0.4) is 0 Å². The second-order valence-electron chi connectivity index (χ2n) is 9.50. The molecule has 2 aliphatic rings. The van der Waals surface area contributed by atoms with Gasteiger partial charge in [-0.1, -0.05) is 5.21 Å². The average molecular weight is 563 g/mol. The van der Waals surface area contributed by atoms with E-state index in [0.29, 0.717) is 0 Å². The van der Waals surface area contributed by atoms with Crippen molar-refractivity contribution in [1.29, 1.82) is 0 Å². The monoisotopic (exact) mass is 562 g/mol. The van der Waals surface area contributed by atoms with Gasteiger partial charge in [-0.05, 0) is 12.1 Å². The number of thioether (sulfide) groups is 1. The Labute approximate surface area is 220 Å². The van der Waals surface area contributed by atoms with E-state index in [9.17, 15) is 38.4 Å². The normalized spacial score (nSPS) is 28.2. The van der Waals surface area contributed by atoms with Gasteiger partial charge in [0.2, 0.25) is 5.91 Å². The zero-order valence-corrected chi connectivity index (χ0v) is 21.4. The molecule has 4 N–H and O–H groups in total. The summed E-state index contributed by atoms with van der Waals surface area (Å²) in [6, 6.07) is 0.185. The lowest BCUT2D eigenvalue weighted by atomic mass is 9.89. The molecule has 0 aliphatic carbocycles. The Balaban J connectivity index is 1.64. The zero-order chi connectivity index (χ0) is 27.8. The van der Waals surface area contributed by atoms with Crippen LogP contribution in [-0.4, -0.2) is 115 Å². The van der Waals surface area contributed by atoms with Crippen LogP contribution in [0.4, 0.5) is 13.2 Å². The van der Waals surface area contributed by atoms with Gasteiger partial charge in [0.25, 0.3) is 0 Å². The molecule has 1 aromatic carbocycles. The fourth-order valence-corrected chi connectivity index (χ4v) is 6.13. The predicted molar refractivity (Wildman–Crippen MR) is 127 cm³/mol. The van der Waals surface area contributed by atoms with Crippen molar-refractivity contribution in [2.45, 2.75) is 53.5 Å². The van der Waals surface area contributed by atoms with E-state index in [4.69, 9.17) is 9.47 Å². The molecule has 0 radical (unpaired) electrons. The van der Waals surface area contributed by atoms with Crippen LogP contribution in [0.15, 0.2) is 18.3 Å². The van der Waals surface area contributed by atoms with Crippen molar-refractivity contribution in [3.8, 4) is 11.3 Å². The molecule has 2 saturated heterocycles. The molecule has 11 nitrogen and oxygen atoms in total. The number of amides is 1. The summed E-state index contributed by atoms with van der Waals surface area (Å²) in [4.78, 5) is 14.4. The maximum absolute atomic E-state index is 13.7. The molecule has 2 fully saturated rings. The fourth-order valence-electron chi connectivity index (χ4n) is 4.52. The van der Waals surface area contributed by atoms with Crippen molar-refractivity contribution in [1.82, 2.24) is 19.9 Å². The summed E-state index contributed by atoms with van der Waals surface area (Å²) in [5.41, 5.74) is -2.89. The lowest BCUT2D eigenvalue weighted by Gasteiger charge is -2.45. The SMILES string of the molecule is CN(C)C(=O)[C@H](S[C@@H]1O[C@H](CO)[C@H](O)[C@H](n2cc(-c3cc(F)c(F)c(F)c3)nn2)[C@H]1O)C1(O)CCOCC1. The first-order valence-corrected chi connectivity index (χ1v) is 12.8. The van der Waals surface area contributed by atoms with Gasteiger partial charge in [-0.25, -0.2) is 17.9 Å². The van der Waals surface area contributed by atoms with Crippen LogP contribution >= 0.6 is 11.8 Å². The summed E-state index contributed by atoms with van der Waals surface area (Å²) in [7, 11) is 3.05. The minimum absolute atomic E-state index is 0.0735. The number of aliphatic hydroxyl groups excluding tert-OH is 3. The van der Waals surface area contributed by atoms with Gasteiger partial charge in [-0.3, -0.25) is 4.79 Å². The highest BCUT2D eigenvalue weighted by Gasteiger charge is 2.51. The summed E-state index contributed by atoms with van der Waals surface area (Å²) >= 11 is 0.850. The first-order chi connectivity index (χ1) is 18.0. The molecule has 0 unspecified atom stereocenters. The second kappa shape index (κ2) is 11.5. The molecule has 1 aromatic heterocycles. The Morgan fingerprint density at radius 3 is 2.42 bits per heavy atom. The third-order valence-electron chi connectivity index (χ3n) is 6.73. The van der Waals surface area contributed by atoms with Crippen LogP contribution in [0.1, 0.15) is 18.9 Å². The topological polar surface area (TPSA) is 150 Å². The zero-order valence-electron chi connectivity index (χ0n) is 20.6. The highest BCUT2D eigenvalue weighted by Crippen LogP contribution is 2.42. The van der Waals surface area contributed by atoms with Crippen LogP contribution in [0.25, 0.3) is 11.3 Å². The maximum atomic E-state index is 13.7. The van der Waals surface area contributed by atoms with E-state index in [2.05, 4.69) is 10.3 Å². The molecular formula is C23H29F3N4O7S. The summed E-state index contributed by atoms with van der Waals surface area (Å²) in [5, 5.41) is 49.9. The highest BCUT2D eigenvalue weighted by molar-refractivity contribution is 8.01. The molecule has 1 amide bonds. The van der Waals surface area contributed by atoms with Crippen molar-refractivity contribution >= 4 is 17.7 Å². The largest absolute Gasteiger partial charge is 0.394 e. The Bertz CT molecular complexity index is 1130. The fraction of sp³-hybridized carbons (Fsp3) is 0.609. The first-order valence-electron chi connectivity index (χ1n) is 11.8. The molecule has 15 heteroatoms. The number of ether oxygens (including phenoxy) is 2. The molecule has 3 heterocycles. The number of aliphatic hydroxyl groups is 4. The molecule has 210 valence electrons. The number of halogens is 3. The van der Waals surface area contributed by atoms with Gasteiger partial charge >= 0.3 is 0 Å². The molecule has 4 rings (SSSR count). The summed E-state index contributed by atoms with van der Waals surface area (Å²) in [6.45, 7) is -0.188. The van der Waals surface area contributed by atoms with E-state index in [0.717, 1.165) is 28.6 Å². The summed E-state index contributed by atoms with van der Waals surface area (Å²) in [6.07, 6.45) is -2.72. The van der Waals surface area contributed by atoms with Crippen LogP contribution in [0.5, 0.6) is 0 Å². The Kier molecular flexibility index (Phi) is 8.66. The van der Waals surface area contributed by atoms with Crippen LogP contribution in [0.2, 0.25) is 0 Å². The molecule has 6 atom stereocenters. The van der Waals surface area contributed by atoms with Crippen molar-refractivity contribution < 1.29 is 47.9 Å². The molecule has 0 saturated carbocycles. The van der Waals surface area contributed by atoms with E-state index < -0.39 is 70.6 Å². The summed E-state index contributed by atoms with van der Waals surface area (Å²) in [5.74, 6) is -4.93. The molecule has 38 heavy (non-hydrogen) atoms. The summed E-state index contributed by atoms with van der Waals surface area (Å²) < 4.78 is 53.0. The molecule has 0 bridgehead atoms. The van der Waals surface area contributed by atoms with E-state index in [1.165, 1.54) is 25.2 Å². The number of carbonyl (C=O) groups is 1. The number of hydrogen-bond acceptors (Lipinski definition) is 10. The van der Waals surface area contributed by atoms with Gasteiger partial charge in [0.1, 0.15) is 40.7 Å². The van der Waals surface area contributed by atoms with Gasteiger partial charge in [0, 0.05) is 45.7 Å². The van der Waals surface area contributed by atoms with Crippen molar-refractivity contribution in [3.63, 3.8) is 0 Å². The third-order valence-corrected chi connectivity index (χ3v) is 8.30. The number of hydrogen-bond donors (Lipinski definition) is 4. The third kappa shape index (κ3) is 5.54. The number of aromatic nitrogens is 3. The predicted octanol–water partition coefficient (Wildman–Crippen LogP) is 0.0740. The van der Waals surface area contributed by atoms with Gasteiger partial charge in [0.15, 0.2) is 17.5 Å². The van der Waals surface area contributed by atoms with E-state index in [1.807, 2.05) is 0 Å². The van der Waals surface area contributed by atoms with Gasteiger partial charge in [0.05, 0.1) is 18.4 Å². The van der Waals surface area contributed by atoms with Crippen molar-refractivity contribution in [2.75, 3.05) is 33.9 Å². The van der Waals surface area contributed by atoms with Crippen molar-refractivity contribution in [3.05, 3.63) is 35.8 Å². The first kappa shape index (κ1) is 28.7.